The Balaban J connectivity index is 2.61. The molecule has 0 aromatic heterocycles. The van der Waals surface area contributed by atoms with Gasteiger partial charge in [0, 0.05) is 5.61 Å². The van der Waals surface area contributed by atoms with Gasteiger partial charge in [0.05, 0.1) is 0 Å². The molecule has 1 radical (unpaired) electrons. The van der Waals surface area contributed by atoms with E-state index in [-0.39, 0.29) is 0 Å². The molecule has 29 valence electrons. The Morgan fingerprint density at radius 2 is 2.67 bits per heavy atom. The van der Waals surface area contributed by atoms with Crippen LogP contribution >= 0.6 is 0 Å². The molecule has 1 heterocycles. The summed E-state index contributed by atoms with van der Waals surface area (Å²) in [7, 11) is 1.86. The summed E-state index contributed by atoms with van der Waals surface area (Å²) in [4.78, 5) is 0. The van der Waals surface area contributed by atoms with E-state index in [1.807, 2.05) is 14.2 Å². The van der Waals surface area contributed by atoms with Crippen LogP contribution in [0.25, 0.3) is 0 Å². The lowest BCUT2D eigenvalue weighted by Gasteiger charge is -1.71. The lowest BCUT2D eigenvalue weighted by molar-refractivity contribution is 1.28. The van der Waals surface area contributed by atoms with Crippen molar-refractivity contribution in [3.05, 3.63) is 0 Å². The molecule has 1 aliphatic heterocycles. The summed E-state index contributed by atoms with van der Waals surface area (Å²) in [5, 5.41) is 7.24. The van der Waals surface area contributed by atoms with Crippen LogP contribution in [0.15, 0.2) is 10.2 Å². The van der Waals surface area contributed by atoms with Gasteiger partial charge in [-0.2, -0.15) is 10.2 Å². The van der Waals surface area contributed by atoms with Crippen molar-refractivity contribution >= 4 is 19.0 Å². The van der Waals surface area contributed by atoms with Crippen LogP contribution in [-0.2, 0) is 0 Å². The average Bonchev–Trinajstić information content (AvgIpc) is 1.86. The van der Waals surface area contributed by atoms with Crippen LogP contribution in [0, 0.1) is 0 Å². The zero-order valence-electron chi connectivity index (χ0n) is 3.55. The Morgan fingerprint density at radius 3 is 2.83 bits per heavy atom. The van der Waals surface area contributed by atoms with Gasteiger partial charge in [-0.05, 0) is 13.0 Å². The summed E-state index contributed by atoms with van der Waals surface area (Å²) in [6.45, 7) is 1.91. The van der Waals surface area contributed by atoms with Crippen molar-refractivity contribution in [3.8, 4) is 0 Å². The summed E-state index contributed by atoms with van der Waals surface area (Å²) in [5.41, 5.74) is 0.981. The van der Waals surface area contributed by atoms with E-state index in [2.05, 4.69) is 10.2 Å². The first-order valence-electron chi connectivity index (χ1n) is 1.80. The van der Waals surface area contributed by atoms with Crippen molar-refractivity contribution in [1.29, 1.82) is 0 Å². The highest BCUT2D eigenvalue weighted by Crippen LogP contribution is 1.81. The molecule has 0 N–H and O–H groups in total. The van der Waals surface area contributed by atoms with Gasteiger partial charge in [-0.1, -0.05) is 0 Å². The molecule has 0 atom stereocenters. The molecule has 0 aromatic rings. The lowest BCUT2D eigenvalue weighted by atomic mass is 9.76. The number of hydrogen-bond donors (Lipinski definition) is 0. The SMILES string of the molecule is CC1=NN=C[B]1. The predicted octanol–water partition coefficient (Wildman–Crippen LogP) is 0.0659. The van der Waals surface area contributed by atoms with Crippen molar-refractivity contribution in [2.45, 2.75) is 6.92 Å². The monoisotopic (exact) mass is 79.0 g/mol. The third kappa shape index (κ3) is 0.480. The molecule has 0 spiro atoms. The topological polar surface area (TPSA) is 24.7 Å². The van der Waals surface area contributed by atoms with E-state index < -0.39 is 0 Å². The highest BCUT2D eigenvalue weighted by molar-refractivity contribution is 6.95. The van der Waals surface area contributed by atoms with E-state index in [4.69, 9.17) is 0 Å². The molecule has 1 rings (SSSR count). The van der Waals surface area contributed by atoms with Crippen LogP contribution in [0.1, 0.15) is 6.92 Å². The fraction of sp³-hybridized carbons (Fsp3) is 0.333. The standard InChI is InChI=1S/C3H4BN2/c1-3-4-2-5-6-3/h2H,1H3. The molecule has 0 fully saturated rings. The fourth-order valence-electron chi connectivity index (χ4n) is 0.299. The summed E-state index contributed by atoms with van der Waals surface area (Å²) in [6, 6.07) is 0. The van der Waals surface area contributed by atoms with Gasteiger partial charge >= 0.3 is 0 Å². The molecule has 1 aliphatic rings. The van der Waals surface area contributed by atoms with Gasteiger partial charge < -0.3 is 0 Å². The normalized spacial score (nSPS) is 17.2. The molecular weight excluding hydrogens is 74.9 g/mol. The zero-order chi connectivity index (χ0) is 4.41. The highest BCUT2D eigenvalue weighted by atomic mass is 15.2. The van der Waals surface area contributed by atoms with E-state index in [0.717, 1.165) is 5.61 Å². The van der Waals surface area contributed by atoms with Crippen LogP contribution < -0.4 is 0 Å². The highest BCUT2D eigenvalue weighted by Gasteiger charge is 1.93. The molecule has 0 aliphatic carbocycles. The second-order valence-corrected chi connectivity index (χ2v) is 1.17. The Bertz CT molecular complexity index is 105. The first-order valence-corrected chi connectivity index (χ1v) is 1.80. The summed E-state index contributed by atoms with van der Waals surface area (Å²) >= 11 is 0. The first kappa shape index (κ1) is 3.59. The van der Waals surface area contributed by atoms with Crippen molar-refractivity contribution in [1.82, 2.24) is 0 Å². The van der Waals surface area contributed by atoms with Crippen molar-refractivity contribution in [2.24, 2.45) is 10.2 Å². The van der Waals surface area contributed by atoms with E-state index >= 15 is 0 Å². The minimum Gasteiger partial charge on any atom is -0.175 e. The van der Waals surface area contributed by atoms with Gasteiger partial charge in [-0.25, -0.2) is 0 Å². The maximum Gasteiger partial charge on any atom is 0.231 e. The minimum atomic E-state index is 0.981. The minimum absolute atomic E-state index is 0.981. The Morgan fingerprint density at radius 1 is 1.83 bits per heavy atom. The number of hydrogen-bond acceptors (Lipinski definition) is 2. The Labute approximate surface area is 37.2 Å². The third-order valence-electron chi connectivity index (χ3n) is 0.598. The lowest BCUT2D eigenvalue weighted by Crippen LogP contribution is -1.98. The molecule has 2 nitrogen and oxygen atoms in total. The molecule has 0 saturated heterocycles. The second kappa shape index (κ2) is 1.24. The van der Waals surface area contributed by atoms with Crippen LogP contribution in [0.4, 0.5) is 0 Å². The van der Waals surface area contributed by atoms with Crippen molar-refractivity contribution in [2.75, 3.05) is 0 Å². The quantitative estimate of drug-likeness (QED) is 0.367. The van der Waals surface area contributed by atoms with E-state index in [1.165, 1.54) is 0 Å². The van der Waals surface area contributed by atoms with Gasteiger partial charge in [0.1, 0.15) is 0 Å². The predicted molar refractivity (Wildman–Crippen MR) is 27.4 cm³/mol. The average molecular weight is 78.9 g/mol. The molecule has 0 saturated carbocycles. The first-order chi connectivity index (χ1) is 2.89. The maximum atomic E-state index is 3.67. The van der Waals surface area contributed by atoms with E-state index in [0.29, 0.717) is 0 Å². The Hall–Kier alpha value is -0.595. The molecular formula is C3H4BN2. The van der Waals surface area contributed by atoms with Gasteiger partial charge in [-0.15, -0.1) is 0 Å². The number of rotatable bonds is 0. The molecule has 0 amide bonds. The van der Waals surface area contributed by atoms with Gasteiger partial charge in [-0.3, -0.25) is 0 Å². The number of nitrogens with zero attached hydrogens (tertiary/aromatic N) is 2. The fourth-order valence-corrected chi connectivity index (χ4v) is 0.299. The van der Waals surface area contributed by atoms with Crippen LogP contribution in [0.5, 0.6) is 0 Å². The third-order valence-corrected chi connectivity index (χ3v) is 0.598. The van der Waals surface area contributed by atoms with Gasteiger partial charge in [0.15, 0.2) is 0 Å². The molecule has 3 heteroatoms. The zero-order valence-corrected chi connectivity index (χ0v) is 3.55. The van der Waals surface area contributed by atoms with Gasteiger partial charge in [0.25, 0.3) is 0 Å². The van der Waals surface area contributed by atoms with Crippen molar-refractivity contribution in [3.63, 3.8) is 0 Å². The Kier molecular flexibility index (Phi) is 0.745. The maximum absolute atomic E-state index is 3.67. The van der Waals surface area contributed by atoms with Crippen LogP contribution in [0.2, 0.25) is 0 Å². The second-order valence-electron chi connectivity index (χ2n) is 1.17. The largest absolute Gasteiger partial charge is 0.231 e. The molecule has 6 heavy (non-hydrogen) atoms. The molecule has 0 aromatic carbocycles. The van der Waals surface area contributed by atoms with E-state index in [9.17, 15) is 0 Å². The summed E-state index contributed by atoms with van der Waals surface area (Å²) < 4.78 is 0. The van der Waals surface area contributed by atoms with Gasteiger partial charge in [0.2, 0.25) is 7.28 Å². The smallest absolute Gasteiger partial charge is 0.175 e. The molecule has 0 bridgehead atoms. The van der Waals surface area contributed by atoms with Crippen LogP contribution in [0.3, 0.4) is 0 Å². The van der Waals surface area contributed by atoms with Crippen LogP contribution in [-0.4, -0.2) is 19.0 Å². The van der Waals surface area contributed by atoms with E-state index in [1.54, 1.807) is 6.11 Å². The summed E-state index contributed by atoms with van der Waals surface area (Å²) in [6.07, 6.45) is 1.68. The van der Waals surface area contributed by atoms with Crippen molar-refractivity contribution < 1.29 is 0 Å². The summed E-state index contributed by atoms with van der Waals surface area (Å²) in [5.74, 6) is 0. The molecule has 0 unspecified atom stereocenters.